The van der Waals surface area contributed by atoms with Crippen molar-refractivity contribution in [2.75, 3.05) is 17.3 Å². The average Bonchev–Trinajstić information content (AvgIpc) is 3.01. The number of hydrogen-bond donors (Lipinski definition) is 1. The summed E-state index contributed by atoms with van der Waals surface area (Å²) in [5.74, 6) is -0.788. The van der Waals surface area contributed by atoms with Gasteiger partial charge in [0.25, 0.3) is 0 Å². The van der Waals surface area contributed by atoms with Gasteiger partial charge in [0, 0.05) is 12.7 Å². The van der Waals surface area contributed by atoms with Crippen LogP contribution >= 0.6 is 11.3 Å². The summed E-state index contributed by atoms with van der Waals surface area (Å²) < 4.78 is 48.5. The maximum absolute atomic E-state index is 12.3. The number of aryl methyl sites for hydroxylation is 1. The summed E-state index contributed by atoms with van der Waals surface area (Å²) in [6.45, 7) is 1.86. The molecule has 1 heterocycles. The molecule has 0 saturated carbocycles. The van der Waals surface area contributed by atoms with Crippen molar-refractivity contribution in [3.63, 3.8) is 0 Å². The van der Waals surface area contributed by atoms with Gasteiger partial charge in [0.1, 0.15) is 0 Å². The minimum atomic E-state index is -3.56. The van der Waals surface area contributed by atoms with Gasteiger partial charge in [-0.25, -0.2) is 21.8 Å². The zero-order chi connectivity index (χ0) is 20.5. The summed E-state index contributed by atoms with van der Waals surface area (Å²) >= 11 is 1.13. The van der Waals surface area contributed by atoms with Gasteiger partial charge in [0.05, 0.1) is 25.8 Å². The first kappa shape index (κ1) is 20.4. The lowest BCUT2D eigenvalue weighted by atomic mass is 10.2. The Kier molecular flexibility index (Phi) is 5.55. The summed E-state index contributed by atoms with van der Waals surface area (Å²) in [7, 11) is -6.89. The van der Waals surface area contributed by atoms with Crippen molar-refractivity contribution < 1.29 is 21.6 Å². The monoisotopic (exact) mass is 438 g/mol. The summed E-state index contributed by atoms with van der Waals surface area (Å²) in [5.41, 5.74) is 1.51. The highest BCUT2D eigenvalue weighted by Gasteiger charge is 2.17. The molecule has 148 valence electrons. The van der Waals surface area contributed by atoms with E-state index >= 15 is 0 Å². The quantitative estimate of drug-likeness (QED) is 0.634. The lowest BCUT2D eigenvalue weighted by molar-refractivity contribution is -0.115. The van der Waals surface area contributed by atoms with E-state index in [-0.39, 0.29) is 22.0 Å². The Hall–Kier alpha value is -2.30. The number of anilines is 1. The number of aromatic nitrogens is 1. The van der Waals surface area contributed by atoms with Gasteiger partial charge in [-0.3, -0.25) is 4.79 Å². The molecule has 0 radical (unpaired) electrons. The molecular formula is C18H18N2O5S3. The molecule has 0 aliphatic heterocycles. The van der Waals surface area contributed by atoms with E-state index in [4.69, 9.17) is 0 Å². The third kappa shape index (κ3) is 4.75. The molecule has 7 nitrogen and oxygen atoms in total. The summed E-state index contributed by atoms with van der Waals surface area (Å²) in [5, 5.41) is 2.87. The molecule has 0 aliphatic rings. The first-order valence-electron chi connectivity index (χ1n) is 8.24. The van der Waals surface area contributed by atoms with Crippen LogP contribution in [0.4, 0.5) is 5.13 Å². The van der Waals surface area contributed by atoms with E-state index in [0.29, 0.717) is 15.3 Å². The van der Waals surface area contributed by atoms with E-state index in [0.717, 1.165) is 23.2 Å². The maximum Gasteiger partial charge on any atom is 0.227 e. The molecule has 3 rings (SSSR count). The van der Waals surface area contributed by atoms with Gasteiger partial charge in [-0.2, -0.15) is 0 Å². The normalized spacial score (nSPS) is 12.2. The van der Waals surface area contributed by atoms with Crippen LogP contribution in [-0.4, -0.2) is 39.7 Å². The third-order valence-electron chi connectivity index (χ3n) is 4.01. The average molecular weight is 439 g/mol. The van der Waals surface area contributed by atoms with Crippen molar-refractivity contribution >= 4 is 52.3 Å². The van der Waals surface area contributed by atoms with E-state index < -0.39 is 25.6 Å². The van der Waals surface area contributed by atoms with Gasteiger partial charge in [0.2, 0.25) is 5.91 Å². The number of hydrogen-bond acceptors (Lipinski definition) is 7. The fourth-order valence-corrected chi connectivity index (χ4v) is 5.34. The Morgan fingerprint density at radius 3 is 2.32 bits per heavy atom. The van der Waals surface area contributed by atoms with Crippen LogP contribution in [0, 0.1) is 6.92 Å². The number of sulfone groups is 2. The van der Waals surface area contributed by atoms with Crippen LogP contribution in [0.1, 0.15) is 12.0 Å². The minimum absolute atomic E-state index is 0.172. The predicted octanol–water partition coefficient (Wildman–Crippen LogP) is 2.81. The van der Waals surface area contributed by atoms with Crippen molar-refractivity contribution in [2.24, 2.45) is 0 Å². The lowest BCUT2D eigenvalue weighted by Crippen LogP contribution is -2.17. The van der Waals surface area contributed by atoms with E-state index in [9.17, 15) is 21.6 Å². The molecule has 0 aliphatic carbocycles. The van der Waals surface area contributed by atoms with E-state index in [1.54, 1.807) is 18.2 Å². The number of nitrogens with zero attached hydrogens (tertiary/aromatic N) is 1. The molecule has 0 atom stereocenters. The number of carbonyl (C=O) groups is 1. The number of benzene rings is 2. The Balaban J connectivity index is 1.68. The van der Waals surface area contributed by atoms with Gasteiger partial charge in [-0.05, 0) is 37.3 Å². The zero-order valence-electron chi connectivity index (χ0n) is 15.2. The number of rotatable bonds is 6. The molecule has 0 spiro atoms. The molecule has 28 heavy (non-hydrogen) atoms. The second kappa shape index (κ2) is 7.61. The highest BCUT2D eigenvalue weighted by Crippen LogP contribution is 2.28. The molecule has 1 amide bonds. The van der Waals surface area contributed by atoms with Gasteiger partial charge >= 0.3 is 0 Å². The highest BCUT2D eigenvalue weighted by molar-refractivity contribution is 7.91. The Labute approximate surface area is 167 Å². The van der Waals surface area contributed by atoms with Crippen molar-refractivity contribution in [1.29, 1.82) is 0 Å². The van der Waals surface area contributed by atoms with Gasteiger partial charge in [0.15, 0.2) is 24.8 Å². The van der Waals surface area contributed by atoms with E-state index in [2.05, 4.69) is 10.3 Å². The molecular weight excluding hydrogens is 420 g/mol. The van der Waals surface area contributed by atoms with Gasteiger partial charge in [-0.15, -0.1) is 0 Å². The first-order valence-corrected chi connectivity index (χ1v) is 12.6. The molecule has 0 unspecified atom stereocenters. The zero-order valence-corrected chi connectivity index (χ0v) is 17.6. The van der Waals surface area contributed by atoms with E-state index in [1.807, 2.05) is 6.92 Å². The van der Waals surface area contributed by atoms with Crippen LogP contribution in [0.15, 0.2) is 52.3 Å². The molecule has 0 saturated heterocycles. The topological polar surface area (TPSA) is 110 Å². The smallest absolute Gasteiger partial charge is 0.227 e. The first-order chi connectivity index (χ1) is 13.0. The molecule has 0 fully saturated rings. The number of nitrogens with one attached hydrogen (secondary N) is 1. The van der Waals surface area contributed by atoms with Crippen LogP contribution in [0.3, 0.4) is 0 Å². The Morgan fingerprint density at radius 2 is 1.68 bits per heavy atom. The fraction of sp³-hybridized carbons (Fsp3) is 0.222. The molecule has 1 N–H and O–H groups in total. The van der Waals surface area contributed by atoms with Gasteiger partial charge in [-0.1, -0.05) is 29.0 Å². The van der Waals surface area contributed by atoms with Crippen molar-refractivity contribution in [3.8, 4) is 0 Å². The number of carbonyl (C=O) groups excluding carboxylic acids is 1. The maximum atomic E-state index is 12.3. The number of fused-ring (bicyclic) bond motifs is 1. The number of amides is 1. The van der Waals surface area contributed by atoms with Crippen LogP contribution in [0.5, 0.6) is 0 Å². The third-order valence-corrected chi connectivity index (χ3v) is 7.79. The van der Waals surface area contributed by atoms with Crippen molar-refractivity contribution in [2.45, 2.75) is 23.1 Å². The molecule has 3 aromatic rings. The number of thiazole rings is 1. The Bertz CT molecular complexity index is 1240. The van der Waals surface area contributed by atoms with Gasteiger partial charge < -0.3 is 5.32 Å². The standard InChI is InChI=1S/C18H18N2O5S3/c1-12-3-5-13(6-4-12)28(24,25)10-9-17(21)20-18-19-15-8-7-14(27(2,22)23)11-16(15)26-18/h3-8,11H,9-10H2,1-2H3,(H,19,20,21). The lowest BCUT2D eigenvalue weighted by Gasteiger charge is -2.05. The Morgan fingerprint density at radius 1 is 1.04 bits per heavy atom. The van der Waals surface area contributed by atoms with Crippen molar-refractivity contribution in [1.82, 2.24) is 4.98 Å². The molecule has 0 bridgehead atoms. The second-order valence-electron chi connectivity index (χ2n) is 6.35. The van der Waals surface area contributed by atoms with Crippen LogP contribution in [-0.2, 0) is 24.5 Å². The SMILES string of the molecule is Cc1ccc(S(=O)(=O)CCC(=O)Nc2nc3ccc(S(C)(=O)=O)cc3s2)cc1. The van der Waals surface area contributed by atoms with Crippen LogP contribution < -0.4 is 5.32 Å². The fourth-order valence-electron chi connectivity index (χ4n) is 2.46. The van der Waals surface area contributed by atoms with Crippen LogP contribution in [0.2, 0.25) is 0 Å². The van der Waals surface area contributed by atoms with E-state index in [1.165, 1.54) is 24.3 Å². The molecule has 1 aromatic heterocycles. The molecule has 2 aromatic carbocycles. The summed E-state index contributed by atoms with van der Waals surface area (Å²) in [6, 6.07) is 11.0. The molecule has 10 heteroatoms. The van der Waals surface area contributed by atoms with Crippen LogP contribution in [0.25, 0.3) is 10.2 Å². The summed E-state index contributed by atoms with van der Waals surface area (Å²) in [4.78, 5) is 16.7. The van der Waals surface area contributed by atoms with Crippen molar-refractivity contribution in [3.05, 3.63) is 48.0 Å². The second-order valence-corrected chi connectivity index (χ2v) is 11.5. The highest BCUT2D eigenvalue weighted by atomic mass is 32.2. The summed E-state index contributed by atoms with van der Waals surface area (Å²) in [6.07, 6.45) is 0.910. The largest absolute Gasteiger partial charge is 0.302 e. The predicted molar refractivity (Wildman–Crippen MR) is 109 cm³/mol. The minimum Gasteiger partial charge on any atom is -0.302 e.